The highest BCUT2D eigenvalue weighted by Gasteiger charge is 2.33. The number of hydrogen-bond donors (Lipinski definition) is 1. The third-order valence-corrected chi connectivity index (χ3v) is 9.00. The summed E-state index contributed by atoms with van der Waals surface area (Å²) in [7, 11) is -3.65. The Balaban J connectivity index is 1.41. The number of halogens is 2. The number of rotatable bonds is 6. The molecular weight excluding hydrogens is 467 g/mol. The number of nitrogens with one attached hydrogen (secondary N) is 1. The lowest BCUT2D eigenvalue weighted by atomic mass is 9.97. The van der Waals surface area contributed by atoms with E-state index >= 15 is 0 Å². The molecule has 2 aromatic carbocycles. The third kappa shape index (κ3) is 5.14. The van der Waals surface area contributed by atoms with Crippen LogP contribution < -0.4 is 5.32 Å². The van der Waals surface area contributed by atoms with Crippen LogP contribution in [0.25, 0.3) is 0 Å². The first-order chi connectivity index (χ1) is 15.2. The van der Waals surface area contributed by atoms with Crippen LogP contribution in [0.15, 0.2) is 36.4 Å². The van der Waals surface area contributed by atoms with Crippen molar-refractivity contribution in [2.24, 2.45) is 5.92 Å². The fourth-order valence-electron chi connectivity index (χ4n) is 4.63. The number of hydrogen-bond acceptors (Lipinski definition) is 3. The Hall–Kier alpha value is -1.60. The average molecular weight is 495 g/mol. The first-order valence-corrected chi connectivity index (χ1v) is 13.4. The number of nitrogens with zero attached hydrogens (tertiary/aromatic N) is 1. The summed E-state index contributed by atoms with van der Waals surface area (Å²) in [5.74, 6) is -0.753. The van der Waals surface area contributed by atoms with Gasteiger partial charge in [0.1, 0.15) is 0 Å². The number of fused-ring (bicyclic) bond motifs is 1. The van der Waals surface area contributed by atoms with Crippen LogP contribution >= 0.6 is 23.2 Å². The number of carbonyl (C=O) groups is 1. The van der Waals surface area contributed by atoms with Gasteiger partial charge < -0.3 is 5.32 Å². The molecule has 1 N–H and O–H groups in total. The summed E-state index contributed by atoms with van der Waals surface area (Å²) < 4.78 is 27.5. The Labute approximate surface area is 200 Å². The molecule has 0 bridgehead atoms. The minimum atomic E-state index is -3.65. The average Bonchev–Trinajstić information content (AvgIpc) is 3.24. The summed E-state index contributed by atoms with van der Waals surface area (Å²) in [6, 6.07) is 11.3. The summed E-state index contributed by atoms with van der Waals surface area (Å²) in [4.78, 5) is 13.0. The molecule has 8 heteroatoms. The number of aryl methyl sites for hydroxylation is 2. The van der Waals surface area contributed by atoms with Gasteiger partial charge in [0, 0.05) is 28.7 Å². The zero-order valence-electron chi connectivity index (χ0n) is 18.1. The van der Waals surface area contributed by atoms with Gasteiger partial charge in [-0.3, -0.25) is 4.79 Å². The van der Waals surface area contributed by atoms with Crippen molar-refractivity contribution in [1.82, 2.24) is 9.62 Å². The van der Waals surface area contributed by atoms with Gasteiger partial charge in [-0.15, -0.1) is 0 Å². The quantitative estimate of drug-likeness (QED) is 0.620. The molecule has 5 nitrogen and oxygen atoms in total. The van der Waals surface area contributed by atoms with Crippen LogP contribution in [0.2, 0.25) is 10.0 Å². The molecule has 32 heavy (non-hydrogen) atoms. The van der Waals surface area contributed by atoms with Gasteiger partial charge >= 0.3 is 0 Å². The second kappa shape index (κ2) is 9.72. The van der Waals surface area contributed by atoms with E-state index < -0.39 is 10.0 Å². The van der Waals surface area contributed by atoms with Gasteiger partial charge in [0.2, 0.25) is 15.9 Å². The van der Waals surface area contributed by atoms with E-state index in [-0.39, 0.29) is 30.2 Å². The van der Waals surface area contributed by atoms with Crippen molar-refractivity contribution in [3.8, 4) is 0 Å². The van der Waals surface area contributed by atoms with E-state index in [0.717, 1.165) is 18.4 Å². The van der Waals surface area contributed by atoms with E-state index in [9.17, 15) is 13.2 Å². The predicted molar refractivity (Wildman–Crippen MR) is 128 cm³/mol. The van der Waals surface area contributed by atoms with E-state index in [2.05, 4.69) is 23.5 Å². The highest BCUT2D eigenvalue weighted by atomic mass is 35.5. The second-order valence-electron chi connectivity index (χ2n) is 8.77. The highest BCUT2D eigenvalue weighted by molar-refractivity contribution is 7.88. The van der Waals surface area contributed by atoms with E-state index in [1.807, 2.05) is 6.92 Å². The lowest BCUT2D eigenvalue weighted by molar-refractivity contribution is -0.126. The number of amides is 1. The molecule has 4 rings (SSSR count). The van der Waals surface area contributed by atoms with Crippen molar-refractivity contribution in [2.75, 3.05) is 13.1 Å². The Morgan fingerprint density at radius 1 is 1.12 bits per heavy atom. The molecule has 1 amide bonds. The molecule has 0 radical (unpaired) electrons. The Morgan fingerprint density at radius 2 is 1.84 bits per heavy atom. The summed E-state index contributed by atoms with van der Waals surface area (Å²) in [5, 5.41) is 3.75. The van der Waals surface area contributed by atoms with Crippen LogP contribution in [0.3, 0.4) is 0 Å². The lowest BCUT2D eigenvalue weighted by Gasteiger charge is -2.32. The first-order valence-electron chi connectivity index (χ1n) is 11.1. The molecule has 0 aromatic heterocycles. The summed E-state index contributed by atoms with van der Waals surface area (Å²) in [6.07, 6.45) is 4.71. The standard InChI is InChI=1S/C24H28Cl2N2O3S/c1-16(18-11-10-17-5-2-6-19(17)13-18)27-24(29)20-7-4-12-28(14-20)32(30,31)15-21-22(25)8-3-9-23(21)26/h3,8-11,13,16,20H,2,4-7,12,14-15H2,1H3,(H,27,29)/t16-,20+/m0/s1. The van der Waals surface area contributed by atoms with Gasteiger partial charge in [-0.05, 0) is 67.9 Å². The van der Waals surface area contributed by atoms with Crippen LogP contribution in [-0.4, -0.2) is 31.7 Å². The molecule has 2 aromatic rings. The number of piperidine rings is 1. The van der Waals surface area contributed by atoms with Crippen molar-refractivity contribution >= 4 is 39.1 Å². The largest absolute Gasteiger partial charge is 0.349 e. The van der Waals surface area contributed by atoms with Crippen LogP contribution in [0.4, 0.5) is 0 Å². The van der Waals surface area contributed by atoms with Crippen LogP contribution in [0.1, 0.15) is 54.5 Å². The zero-order valence-corrected chi connectivity index (χ0v) is 20.4. The highest BCUT2D eigenvalue weighted by Crippen LogP contribution is 2.30. The van der Waals surface area contributed by atoms with Gasteiger partial charge in [0.25, 0.3) is 0 Å². The number of sulfonamides is 1. The van der Waals surface area contributed by atoms with Gasteiger partial charge in [0.05, 0.1) is 17.7 Å². The minimum Gasteiger partial charge on any atom is -0.349 e. The van der Waals surface area contributed by atoms with E-state index in [1.54, 1.807) is 18.2 Å². The Morgan fingerprint density at radius 3 is 2.59 bits per heavy atom. The molecule has 0 saturated carbocycles. The summed E-state index contributed by atoms with van der Waals surface area (Å²) in [6.45, 7) is 2.55. The van der Waals surface area contributed by atoms with Gasteiger partial charge in [-0.25, -0.2) is 12.7 Å². The van der Waals surface area contributed by atoms with E-state index in [4.69, 9.17) is 23.2 Å². The minimum absolute atomic E-state index is 0.103. The van der Waals surface area contributed by atoms with Gasteiger partial charge in [-0.2, -0.15) is 0 Å². The predicted octanol–water partition coefficient (Wildman–Crippen LogP) is 4.90. The maximum Gasteiger partial charge on any atom is 0.224 e. The van der Waals surface area contributed by atoms with Crippen LogP contribution in [0, 0.1) is 5.92 Å². The molecule has 1 aliphatic carbocycles. The SMILES string of the molecule is C[C@H](NC(=O)[C@@H]1CCCN(S(=O)(=O)Cc2c(Cl)cccc2Cl)C1)c1ccc2c(c1)CCC2. The smallest absolute Gasteiger partial charge is 0.224 e. The van der Waals surface area contributed by atoms with Crippen molar-refractivity contribution < 1.29 is 13.2 Å². The molecule has 0 unspecified atom stereocenters. The number of benzene rings is 2. The zero-order chi connectivity index (χ0) is 22.9. The maximum absolute atomic E-state index is 13.1. The molecule has 1 fully saturated rings. The van der Waals surface area contributed by atoms with Crippen LogP contribution in [-0.2, 0) is 33.4 Å². The Bertz CT molecular complexity index is 1100. The van der Waals surface area contributed by atoms with Crippen molar-refractivity contribution in [3.05, 3.63) is 68.7 Å². The Kier molecular flexibility index (Phi) is 7.15. The third-order valence-electron chi connectivity index (χ3n) is 6.52. The fraction of sp³-hybridized carbons (Fsp3) is 0.458. The second-order valence-corrected chi connectivity index (χ2v) is 11.5. The molecule has 172 valence electrons. The monoisotopic (exact) mass is 494 g/mol. The first kappa shape index (κ1) is 23.6. The molecule has 0 spiro atoms. The van der Waals surface area contributed by atoms with Crippen molar-refractivity contribution in [3.63, 3.8) is 0 Å². The molecule has 1 aliphatic heterocycles. The van der Waals surface area contributed by atoms with Crippen LogP contribution in [0.5, 0.6) is 0 Å². The maximum atomic E-state index is 13.1. The molecule has 1 saturated heterocycles. The van der Waals surface area contributed by atoms with Crippen molar-refractivity contribution in [2.45, 2.75) is 50.8 Å². The number of carbonyl (C=O) groups excluding carboxylic acids is 1. The van der Waals surface area contributed by atoms with E-state index in [0.29, 0.717) is 35.0 Å². The van der Waals surface area contributed by atoms with Gasteiger partial charge in [-0.1, -0.05) is 47.5 Å². The van der Waals surface area contributed by atoms with Gasteiger partial charge in [0.15, 0.2) is 0 Å². The summed E-state index contributed by atoms with van der Waals surface area (Å²) in [5.41, 5.74) is 4.26. The molecule has 2 atom stereocenters. The topological polar surface area (TPSA) is 66.5 Å². The normalized spacial score (nSPS) is 20.0. The van der Waals surface area contributed by atoms with E-state index in [1.165, 1.54) is 21.9 Å². The summed E-state index contributed by atoms with van der Waals surface area (Å²) >= 11 is 12.3. The fourth-order valence-corrected chi connectivity index (χ4v) is 6.99. The lowest BCUT2D eigenvalue weighted by Crippen LogP contribution is -2.46. The van der Waals surface area contributed by atoms with Crippen molar-refractivity contribution in [1.29, 1.82) is 0 Å². The molecular formula is C24H28Cl2N2O3S. The molecule has 1 heterocycles. The molecule has 2 aliphatic rings.